The first-order chi connectivity index (χ1) is 18.2. The third kappa shape index (κ3) is 6.56. The molecule has 0 aliphatic carbocycles. The fourth-order valence-electron chi connectivity index (χ4n) is 4.20. The number of carbonyl (C=O) groups is 2. The Morgan fingerprint density at radius 2 is 1.68 bits per heavy atom. The molecule has 1 saturated heterocycles. The molecule has 2 aromatic carbocycles. The van der Waals surface area contributed by atoms with Crippen molar-refractivity contribution in [2.45, 2.75) is 44.9 Å². The molecule has 0 unspecified atom stereocenters. The van der Waals surface area contributed by atoms with Gasteiger partial charge in [-0.05, 0) is 69.0 Å². The van der Waals surface area contributed by atoms with E-state index in [1.165, 1.54) is 4.31 Å². The second-order valence-electron chi connectivity index (χ2n) is 9.35. The highest BCUT2D eigenvalue weighted by Gasteiger charge is 2.32. The zero-order chi connectivity index (χ0) is 27.3. The van der Waals surface area contributed by atoms with Gasteiger partial charge >= 0.3 is 0 Å². The van der Waals surface area contributed by atoms with E-state index in [0.717, 1.165) is 22.4 Å². The van der Waals surface area contributed by atoms with Crippen LogP contribution in [-0.4, -0.2) is 43.3 Å². The molecule has 8 nitrogen and oxygen atoms in total. The highest BCUT2D eigenvalue weighted by atomic mass is 32.2. The molecular weight excluding hydrogens is 520 g/mol. The van der Waals surface area contributed by atoms with Gasteiger partial charge in [0, 0.05) is 35.0 Å². The Kier molecular flexibility index (Phi) is 8.76. The molecule has 0 atom stereocenters. The summed E-state index contributed by atoms with van der Waals surface area (Å²) in [5.74, 6) is -0.675. The van der Waals surface area contributed by atoms with Gasteiger partial charge in [-0.2, -0.15) is 9.41 Å². The van der Waals surface area contributed by atoms with Crippen LogP contribution in [-0.2, 0) is 21.2 Å². The number of anilines is 1. The van der Waals surface area contributed by atoms with Gasteiger partial charge in [0.05, 0.1) is 16.2 Å². The topological polar surface area (TPSA) is 108 Å². The molecule has 1 aromatic heterocycles. The predicted octanol–water partition coefficient (Wildman–Crippen LogP) is 4.81. The number of piperidine rings is 1. The van der Waals surface area contributed by atoms with Crippen molar-refractivity contribution in [2.24, 2.45) is 11.0 Å². The summed E-state index contributed by atoms with van der Waals surface area (Å²) in [4.78, 5) is 26.6. The molecule has 3 aromatic rings. The van der Waals surface area contributed by atoms with E-state index in [9.17, 15) is 18.0 Å². The maximum absolute atomic E-state index is 12.9. The first-order valence-electron chi connectivity index (χ1n) is 12.6. The standard InChI is InChI=1S/C28H32N4O4S2/c1-4-25-17-23(18-37-25)27(33)29-24-9-7-21(8-10-24)20(3)30-31-28(34)22-13-15-32(16-14-22)38(35,36)26-11-5-19(2)6-12-26/h5-12,17-18,22H,4,13-16H2,1-3H3,(H,29,33)(H,31,34)/b30-20-. The molecule has 1 fully saturated rings. The van der Waals surface area contributed by atoms with Crippen molar-refractivity contribution in [1.82, 2.24) is 9.73 Å². The van der Waals surface area contributed by atoms with Crippen LogP contribution < -0.4 is 10.7 Å². The smallest absolute Gasteiger partial charge is 0.256 e. The monoisotopic (exact) mass is 552 g/mol. The van der Waals surface area contributed by atoms with E-state index in [2.05, 4.69) is 22.8 Å². The maximum Gasteiger partial charge on any atom is 0.256 e. The second kappa shape index (κ2) is 12.0. The minimum absolute atomic E-state index is 0.149. The number of hydrogen-bond acceptors (Lipinski definition) is 6. The van der Waals surface area contributed by atoms with Gasteiger partial charge in [0.1, 0.15) is 0 Å². The van der Waals surface area contributed by atoms with Crippen molar-refractivity contribution in [2.75, 3.05) is 18.4 Å². The molecular formula is C28H32N4O4S2. The molecule has 0 radical (unpaired) electrons. The van der Waals surface area contributed by atoms with Crippen molar-refractivity contribution < 1.29 is 18.0 Å². The number of nitrogens with zero attached hydrogens (tertiary/aromatic N) is 2. The first-order valence-corrected chi connectivity index (χ1v) is 14.9. The van der Waals surface area contributed by atoms with Gasteiger partial charge in [0.2, 0.25) is 15.9 Å². The third-order valence-corrected chi connectivity index (χ3v) is 9.64. The quantitative estimate of drug-likeness (QED) is 0.309. The van der Waals surface area contributed by atoms with Crippen molar-refractivity contribution in [3.63, 3.8) is 0 Å². The number of rotatable bonds is 8. The normalized spacial score (nSPS) is 15.3. The summed E-state index contributed by atoms with van der Waals surface area (Å²) < 4.78 is 27.2. The summed E-state index contributed by atoms with van der Waals surface area (Å²) in [6, 6.07) is 16.0. The summed E-state index contributed by atoms with van der Waals surface area (Å²) in [5, 5.41) is 8.99. The minimum atomic E-state index is -3.57. The van der Waals surface area contributed by atoms with Gasteiger partial charge < -0.3 is 5.32 Å². The van der Waals surface area contributed by atoms with Gasteiger partial charge in [-0.15, -0.1) is 11.3 Å². The van der Waals surface area contributed by atoms with Crippen LogP contribution in [0, 0.1) is 12.8 Å². The van der Waals surface area contributed by atoms with Crippen LogP contribution in [0.25, 0.3) is 0 Å². The molecule has 0 bridgehead atoms. The van der Waals surface area contributed by atoms with E-state index < -0.39 is 10.0 Å². The van der Waals surface area contributed by atoms with Crippen LogP contribution in [0.1, 0.15) is 53.1 Å². The van der Waals surface area contributed by atoms with Crippen LogP contribution in [0.2, 0.25) is 0 Å². The summed E-state index contributed by atoms with van der Waals surface area (Å²) in [6.45, 7) is 6.34. The van der Waals surface area contributed by atoms with Crippen molar-refractivity contribution >= 4 is 44.6 Å². The number of hydrazone groups is 1. The lowest BCUT2D eigenvalue weighted by molar-refractivity contribution is -0.126. The number of hydrogen-bond donors (Lipinski definition) is 2. The van der Waals surface area contributed by atoms with Gasteiger partial charge in [-0.25, -0.2) is 13.8 Å². The third-order valence-electron chi connectivity index (χ3n) is 6.64. The largest absolute Gasteiger partial charge is 0.322 e. The Labute approximate surface area is 227 Å². The lowest BCUT2D eigenvalue weighted by Crippen LogP contribution is -2.42. The lowest BCUT2D eigenvalue weighted by Gasteiger charge is -2.30. The van der Waals surface area contributed by atoms with Gasteiger partial charge in [-0.1, -0.05) is 36.8 Å². The Balaban J connectivity index is 1.28. The summed E-state index contributed by atoms with van der Waals surface area (Å²) in [6.07, 6.45) is 1.77. The van der Waals surface area contributed by atoms with Crippen LogP contribution in [0.3, 0.4) is 0 Å². The Bertz CT molecular complexity index is 1420. The Morgan fingerprint density at radius 3 is 2.29 bits per heavy atom. The molecule has 200 valence electrons. The van der Waals surface area contributed by atoms with Crippen LogP contribution in [0.4, 0.5) is 5.69 Å². The highest BCUT2D eigenvalue weighted by molar-refractivity contribution is 7.89. The van der Waals surface area contributed by atoms with E-state index in [0.29, 0.717) is 29.8 Å². The molecule has 10 heteroatoms. The Morgan fingerprint density at radius 1 is 1.03 bits per heavy atom. The molecule has 0 saturated carbocycles. The van der Waals surface area contributed by atoms with Crippen molar-refractivity contribution in [1.29, 1.82) is 0 Å². The number of benzene rings is 2. The average Bonchev–Trinajstić information content (AvgIpc) is 3.42. The van der Waals surface area contributed by atoms with E-state index in [-0.39, 0.29) is 35.7 Å². The fraction of sp³-hybridized carbons (Fsp3) is 0.321. The van der Waals surface area contributed by atoms with E-state index >= 15 is 0 Å². The maximum atomic E-state index is 12.9. The molecule has 38 heavy (non-hydrogen) atoms. The summed E-state index contributed by atoms with van der Waals surface area (Å²) in [5.41, 5.74) is 6.39. The zero-order valence-corrected chi connectivity index (χ0v) is 23.4. The number of amides is 2. The lowest BCUT2D eigenvalue weighted by atomic mass is 9.98. The number of nitrogens with one attached hydrogen (secondary N) is 2. The average molecular weight is 553 g/mol. The van der Waals surface area contributed by atoms with Gasteiger partial charge in [0.25, 0.3) is 5.91 Å². The SMILES string of the molecule is CCc1cc(C(=O)Nc2ccc(/C(C)=N\NC(=O)C3CCN(S(=O)(=O)c4ccc(C)cc4)CC3)cc2)cs1. The fourth-order valence-corrected chi connectivity index (χ4v) is 6.48. The number of thiophene rings is 1. The van der Waals surface area contributed by atoms with Crippen LogP contribution in [0.15, 0.2) is 70.0 Å². The summed E-state index contributed by atoms with van der Waals surface area (Å²) in [7, 11) is -3.57. The minimum Gasteiger partial charge on any atom is -0.322 e. The van der Waals surface area contributed by atoms with Crippen molar-refractivity contribution in [3.05, 3.63) is 81.5 Å². The number of aryl methyl sites for hydroxylation is 2. The predicted molar refractivity (Wildman–Crippen MR) is 151 cm³/mol. The first kappa shape index (κ1) is 27.7. The van der Waals surface area contributed by atoms with E-state index in [1.54, 1.807) is 54.7 Å². The number of carbonyl (C=O) groups excluding carboxylic acids is 2. The van der Waals surface area contributed by atoms with Gasteiger partial charge in [-0.3, -0.25) is 9.59 Å². The molecule has 0 spiro atoms. The van der Waals surface area contributed by atoms with Crippen LogP contribution >= 0.6 is 11.3 Å². The molecule has 4 rings (SSSR count). The number of sulfonamides is 1. The van der Waals surface area contributed by atoms with Crippen molar-refractivity contribution in [3.8, 4) is 0 Å². The molecule has 2 heterocycles. The zero-order valence-electron chi connectivity index (χ0n) is 21.7. The molecule has 1 aliphatic heterocycles. The van der Waals surface area contributed by atoms with Gasteiger partial charge in [0.15, 0.2) is 0 Å². The highest BCUT2D eigenvalue weighted by Crippen LogP contribution is 2.24. The Hall–Kier alpha value is -3.34. The molecule has 1 aliphatic rings. The summed E-state index contributed by atoms with van der Waals surface area (Å²) >= 11 is 1.57. The van der Waals surface area contributed by atoms with Crippen LogP contribution in [0.5, 0.6) is 0 Å². The van der Waals surface area contributed by atoms with E-state index in [1.807, 2.05) is 30.5 Å². The molecule has 2 N–H and O–H groups in total. The molecule has 2 amide bonds. The second-order valence-corrected chi connectivity index (χ2v) is 12.3. The van der Waals surface area contributed by atoms with E-state index in [4.69, 9.17) is 0 Å².